The third-order valence-electron chi connectivity index (χ3n) is 2.69. The number of unbranched alkanes of at least 4 members (excludes halogenated alkanes) is 2. The molecule has 0 spiro atoms. The molecule has 0 aromatic rings. The van der Waals surface area contributed by atoms with Crippen LogP contribution in [0.5, 0.6) is 0 Å². The summed E-state index contributed by atoms with van der Waals surface area (Å²) in [4.78, 5) is 34.1. The Bertz CT molecular complexity index is 414. The molecular weight excluding hydrogens is 286 g/mol. The quantitative estimate of drug-likeness (QED) is 0.291. The monoisotopic (exact) mass is 311 g/mol. The predicted molar refractivity (Wildman–Crippen MR) is 88.2 cm³/mol. The van der Waals surface area contributed by atoms with Gasteiger partial charge in [-0.1, -0.05) is 49.8 Å². The lowest BCUT2D eigenvalue weighted by Gasteiger charge is -2.02. The van der Waals surface area contributed by atoms with E-state index in [2.05, 4.69) is 12.2 Å². The van der Waals surface area contributed by atoms with Gasteiger partial charge in [-0.15, -0.1) is 0 Å². The summed E-state index contributed by atoms with van der Waals surface area (Å²) in [6, 6.07) is 0. The molecule has 0 radical (unpaired) electrons. The fourth-order valence-corrected chi connectivity index (χ4v) is 2.10. The molecule has 0 fully saturated rings. The van der Waals surface area contributed by atoms with E-state index in [4.69, 9.17) is 0 Å². The smallest absolute Gasteiger partial charge is 0.216 e. The molecule has 0 saturated heterocycles. The summed E-state index contributed by atoms with van der Waals surface area (Å²) in [6.07, 6.45) is 8.87. The summed E-state index contributed by atoms with van der Waals surface area (Å²) >= 11 is 1.08. The molecule has 21 heavy (non-hydrogen) atoms. The van der Waals surface area contributed by atoms with Crippen molar-refractivity contribution in [1.82, 2.24) is 5.32 Å². The highest BCUT2D eigenvalue weighted by molar-refractivity contribution is 8.13. The molecular formula is C16H25NO3S. The van der Waals surface area contributed by atoms with Crippen LogP contribution < -0.4 is 5.32 Å². The lowest BCUT2D eigenvalue weighted by molar-refractivity contribution is -0.121. The van der Waals surface area contributed by atoms with Crippen LogP contribution in [0.4, 0.5) is 0 Å². The number of carbonyl (C=O) groups excluding carboxylic acids is 3. The summed E-state index contributed by atoms with van der Waals surface area (Å²) in [5, 5.41) is 2.44. The second-order valence-electron chi connectivity index (χ2n) is 4.72. The van der Waals surface area contributed by atoms with Gasteiger partial charge in [0.1, 0.15) is 0 Å². The van der Waals surface area contributed by atoms with Gasteiger partial charge in [0.05, 0.1) is 6.42 Å². The minimum Gasteiger partial charge on any atom is -0.356 e. The minimum absolute atomic E-state index is 0.0874. The van der Waals surface area contributed by atoms with Crippen LogP contribution in [0.1, 0.15) is 46.5 Å². The fourth-order valence-electron chi connectivity index (χ4n) is 1.44. The summed E-state index contributed by atoms with van der Waals surface area (Å²) in [5.74, 6) is 0.227. The van der Waals surface area contributed by atoms with Crippen LogP contribution in [-0.4, -0.2) is 29.1 Å². The predicted octanol–water partition coefficient (Wildman–Crippen LogP) is 3.03. The summed E-state index contributed by atoms with van der Waals surface area (Å²) in [5.41, 5.74) is 0.596. The summed E-state index contributed by atoms with van der Waals surface area (Å²) in [7, 11) is 0. The Hall–Kier alpha value is -1.36. The highest BCUT2D eigenvalue weighted by Crippen LogP contribution is 2.09. The van der Waals surface area contributed by atoms with Crippen LogP contribution in [0.25, 0.3) is 0 Å². The molecule has 118 valence electrons. The van der Waals surface area contributed by atoms with Gasteiger partial charge in [0, 0.05) is 19.2 Å². The van der Waals surface area contributed by atoms with Gasteiger partial charge in [-0.05, 0) is 18.9 Å². The molecule has 0 aliphatic carbocycles. The molecule has 0 saturated carbocycles. The molecule has 0 unspecified atom stereocenters. The van der Waals surface area contributed by atoms with E-state index in [9.17, 15) is 14.4 Å². The van der Waals surface area contributed by atoms with Gasteiger partial charge < -0.3 is 5.32 Å². The zero-order chi connectivity index (χ0) is 16.1. The highest BCUT2D eigenvalue weighted by atomic mass is 32.2. The van der Waals surface area contributed by atoms with Gasteiger partial charge in [-0.2, -0.15) is 0 Å². The topological polar surface area (TPSA) is 63.2 Å². The fraction of sp³-hybridized carbons (Fsp3) is 0.562. The van der Waals surface area contributed by atoms with E-state index in [1.165, 1.54) is 6.92 Å². The molecule has 1 N–H and O–H groups in total. The van der Waals surface area contributed by atoms with Crippen molar-refractivity contribution < 1.29 is 14.4 Å². The Morgan fingerprint density at radius 2 is 1.90 bits per heavy atom. The third-order valence-corrected chi connectivity index (χ3v) is 3.56. The van der Waals surface area contributed by atoms with E-state index >= 15 is 0 Å². The van der Waals surface area contributed by atoms with E-state index < -0.39 is 0 Å². The van der Waals surface area contributed by atoms with Crippen LogP contribution in [-0.2, 0) is 14.4 Å². The zero-order valence-electron chi connectivity index (χ0n) is 13.1. The van der Waals surface area contributed by atoms with Gasteiger partial charge in [0.2, 0.25) is 5.91 Å². The number of carbonyl (C=O) groups is 3. The number of hydrogen-bond donors (Lipinski definition) is 1. The first-order valence-corrected chi connectivity index (χ1v) is 8.22. The number of amides is 1. The Kier molecular flexibility index (Phi) is 11.6. The van der Waals surface area contributed by atoms with Crippen molar-refractivity contribution in [3.63, 3.8) is 0 Å². The molecule has 1 amide bonds. The molecule has 0 aliphatic rings. The maximum absolute atomic E-state index is 11.8. The number of hydrogen-bond acceptors (Lipinski definition) is 4. The van der Waals surface area contributed by atoms with Crippen molar-refractivity contribution in [2.45, 2.75) is 46.5 Å². The lowest BCUT2D eigenvalue weighted by atomic mass is 10.1. The second-order valence-corrected chi connectivity index (χ2v) is 5.88. The van der Waals surface area contributed by atoms with Crippen LogP contribution in [0.3, 0.4) is 0 Å². The molecule has 0 rings (SSSR count). The lowest BCUT2D eigenvalue weighted by Crippen LogP contribution is -2.23. The summed E-state index contributed by atoms with van der Waals surface area (Å²) < 4.78 is 0. The van der Waals surface area contributed by atoms with Crippen molar-refractivity contribution in [2.24, 2.45) is 0 Å². The molecule has 0 heterocycles. The number of thioether (sulfide) groups is 1. The second kappa shape index (κ2) is 12.4. The number of nitrogens with one attached hydrogen (secondary N) is 1. The Labute approximate surface area is 131 Å². The largest absolute Gasteiger partial charge is 0.356 e. The van der Waals surface area contributed by atoms with Crippen molar-refractivity contribution >= 4 is 28.6 Å². The normalized spacial score (nSPS) is 11.7. The Morgan fingerprint density at radius 3 is 2.52 bits per heavy atom. The van der Waals surface area contributed by atoms with E-state index in [-0.39, 0.29) is 23.2 Å². The van der Waals surface area contributed by atoms with Gasteiger partial charge in [-0.3, -0.25) is 14.4 Å². The van der Waals surface area contributed by atoms with Crippen molar-refractivity contribution in [3.8, 4) is 0 Å². The first-order valence-electron chi connectivity index (χ1n) is 7.24. The molecule has 4 nitrogen and oxygen atoms in total. The molecule has 0 aromatic heterocycles. The van der Waals surface area contributed by atoms with E-state index in [0.29, 0.717) is 17.9 Å². The molecule has 0 aliphatic heterocycles. The van der Waals surface area contributed by atoms with Crippen LogP contribution in [0.2, 0.25) is 0 Å². The maximum atomic E-state index is 11.8. The standard InChI is InChI=1S/C16H25NO3S/c1-4-5-6-7-8-9-13(2)15(19)12-16(20)21-11-10-17-14(3)18/h7-9H,4-6,10-12H2,1-3H3,(H,17,18). The zero-order valence-corrected chi connectivity index (χ0v) is 13.9. The van der Waals surface area contributed by atoms with Crippen molar-refractivity contribution in [3.05, 3.63) is 23.8 Å². The van der Waals surface area contributed by atoms with Gasteiger partial charge >= 0.3 is 0 Å². The van der Waals surface area contributed by atoms with E-state index in [1.54, 1.807) is 13.0 Å². The van der Waals surface area contributed by atoms with E-state index in [0.717, 1.165) is 31.0 Å². The van der Waals surface area contributed by atoms with E-state index in [1.807, 2.05) is 12.2 Å². The first-order chi connectivity index (χ1) is 9.97. The number of rotatable bonds is 10. The van der Waals surface area contributed by atoms with Crippen LogP contribution >= 0.6 is 11.8 Å². The Balaban J connectivity index is 3.99. The summed E-state index contributed by atoms with van der Waals surface area (Å²) in [6.45, 7) is 5.72. The average molecular weight is 311 g/mol. The highest BCUT2D eigenvalue weighted by Gasteiger charge is 2.11. The van der Waals surface area contributed by atoms with Gasteiger partial charge in [0.15, 0.2) is 10.9 Å². The molecule has 0 aromatic carbocycles. The Morgan fingerprint density at radius 1 is 1.19 bits per heavy atom. The van der Waals surface area contributed by atoms with Crippen molar-refractivity contribution in [1.29, 1.82) is 0 Å². The number of ketones is 1. The van der Waals surface area contributed by atoms with Gasteiger partial charge in [-0.25, -0.2) is 0 Å². The average Bonchev–Trinajstić information content (AvgIpc) is 2.42. The number of allylic oxidation sites excluding steroid dienone is 4. The molecule has 0 bridgehead atoms. The van der Waals surface area contributed by atoms with Crippen LogP contribution in [0.15, 0.2) is 23.8 Å². The number of Topliss-reactive ketones (excluding diaryl/α,β-unsaturated/α-hetero) is 1. The SMILES string of the molecule is CCCCC=CC=C(C)C(=O)CC(=O)SCCNC(C)=O. The minimum atomic E-state index is -0.159. The molecule has 5 heteroatoms. The van der Waals surface area contributed by atoms with Crippen LogP contribution in [0, 0.1) is 0 Å². The van der Waals surface area contributed by atoms with Gasteiger partial charge in [0.25, 0.3) is 0 Å². The third kappa shape index (κ3) is 12.1. The maximum Gasteiger partial charge on any atom is 0.216 e. The van der Waals surface area contributed by atoms with Crippen molar-refractivity contribution in [2.75, 3.05) is 12.3 Å². The molecule has 0 atom stereocenters. The first kappa shape index (κ1) is 19.6.